The maximum Gasteiger partial charge on any atom is 0.0237 e. The Labute approximate surface area is 184 Å². The molecule has 166 valence electrons. The van der Waals surface area contributed by atoms with E-state index < -0.39 is 0 Å². The molecule has 2 atom stereocenters. The third kappa shape index (κ3) is 5.27. The first-order chi connectivity index (χ1) is 14.8. The van der Waals surface area contributed by atoms with Gasteiger partial charge in [-0.25, -0.2) is 0 Å². The van der Waals surface area contributed by atoms with Crippen LogP contribution < -0.4 is 0 Å². The second kappa shape index (κ2) is 10.1. The van der Waals surface area contributed by atoms with Gasteiger partial charge in [0.05, 0.1) is 0 Å². The third-order valence-corrected chi connectivity index (χ3v) is 8.13. The number of likely N-dealkylation sites (tertiary alicyclic amines) is 4. The molecule has 0 amide bonds. The second-order valence-electron chi connectivity index (χ2n) is 10.4. The van der Waals surface area contributed by atoms with Crippen molar-refractivity contribution >= 4 is 0 Å². The zero-order valence-corrected chi connectivity index (χ0v) is 19.0. The molecule has 4 aliphatic heterocycles. The summed E-state index contributed by atoms with van der Waals surface area (Å²) >= 11 is 0. The van der Waals surface area contributed by atoms with Crippen molar-refractivity contribution in [2.45, 2.75) is 76.5 Å². The minimum Gasteiger partial charge on any atom is -0.302 e. The fourth-order valence-electron chi connectivity index (χ4n) is 6.37. The van der Waals surface area contributed by atoms with Crippen LogP contribution in [0.5, 0.6) is 0 Å². The van der Waals surface area contributed by atoms with Gasteiger partial charge in [-0.05, 0) is 102 Å². The molecule has 30 heavy (non-hydrogen) atoms. The van der Waals surface area contributed by atoms with E-state index in [1.54, 1.807) is 0 Å². The van der Waals surface area contributed by atoms with Crippen LogP contribution in [0, 0.1) is 0 Å². The van der Waals surface area contributed by atoms with Crippen molar-refractivity contribution in [3.63, 3.8) is 0 Å². The first-order valence-corrected chi connectivity index (χ1v) is 12.8. The van der Waals surface area contributed by atoms with E-state index in [1.807, 2.05) is 0 Å². The standard InChI is InChI=1S/C26H42N4/c1-2-14-27(13-1)21-25-7-5-17-29(25)19-23-9-11-24(12-10-23)20-30-18-6-8-26(30)22-28-15-3-4-16-28/h9-12,25-26H,1-8,13-22H2. The molecule has 4 heterocycles. The molecule has 0 bridgehead atoms. The molecule has 0 radical (unpaired) electrons. The van der Waals surface area contributed by atoms with Crippen molar-refractivity contribution < 1.29 is 0 Å². The van der Waals surface area contributed by atoms with Crippen molar-refractivity contribution in [3.05, 3.63) is 35.4 Å². The highest BCUT2D eigenvalue weighted by Crippen LogP contribution is 2.25. The Hall–Kier alpha value is -0.940. The van der Waals surface area contributed by atoms with Crippen LogP contribution in [0.15, 0.2) is 24.3 Å². The Bertz CT molecular complexity index is 591. The van der Waals surface area contributed by atoms with E-state index in [2.05, 4.69) is 43.9 Å². The predicted molar refractivity (Wildman–Crippen MR) is 125 cm³/mol. The molecule has 4 fully saturated rings. The van der Waals surface area contributed by atoms with Gasteiger partial charge in [0.25, 0.3) is 0 Å². The Morgan fingerprint density at radius 2 is 0.933 bits per heavy atom. The summed E-state index contributed by atoms with van der Waals surface area (Å²) in [5.41, 5.74) is 3.00. The predicted octanol–water partition coefficient (Wildman–Crippen LogP) is 3.81. The Morgan fingerprint density at radius 3 is 1.33 bits per heavy atom. The summed E-state index contributed by atoms with van der Waals surface area (Å²) in [6.07, 6.45) is 11.2. The summed E-state index contributed by atoms with van der Waals surface area (Å²) in [6.45, 7) is 12.8. The highest BCUT2D eigenvalue weighted by molar-refractivity contribution is 5.23. The highest BCUT2D eigenvalue weighted by atomic mass is 15.2. The summed E-state index contributed by atoms with van der Waals surface area (Å²) in [7, 11) is 0. The number of rotatable bonds is 8. The van der Waals surface area contributed by atoms with Gasteiger partial charge in [0.15, 0.2) is 0 Å². The topological polar surface area (TPSA) is 13.0 Å². The van der Waals surface area contributed by atoms with Crippen LogP contribution in [0.2, 0.25) is 0 Å². The molecule has 1 aromatic carbocycles. The average Bonchev–Trinajstić information content (AvgIpc) is 3.56. The molecule has 0 spiro atoms. The van der Waals surface area contributed by atoms with E-state index in [-0.39, 0.29) is 0 Å². The maximum absolute atomic E-state index is 2.75. The van der Waals surface area contributed by atoms with E-state index in [9.17, 15) is 0 Å². The van der Waals surface area contributed by atoms with Crippen LogP contribution in [0.1, 0.15) is 62.5 Å². The van der Waals surface area contributed by atoms with Gasteiger partial charge in [-0.3, -0.25) is 9.80 Å². The summed E-state index contributed by atoms with van der Waals surface area (Å²) in [5.74, 6) is 0. The zero-order valence-electron chi connectivity index (χ0n) is 19.0. The molecule has 0 aromatic heterocycles. The van der Waals surface area contributed by atoms with Gasteiger partial charge in [0.1, 0.15) is 0 Å². The lowest BCUT2D eigenvalue weighted by atomic mass is 10.1. The van der Waals surface area contributed by atoms with Gasteiger partial charge in [0.2, 0.25) is 0 Å². The maximum atomic E-state index is 2.75. The minimum atomic E-state index is 0.777. The fraction of sp³-hybridized carbons (Fsp3) is 0.769. The largest absolute Gasteiger partial charge is 0.302 e. The third-order valence-electron chi connectivity index (χ3n) is 8.13. The molecule has 1 aromatic rings. The molecule has 4 saturated heterocycles. The van der Waals surface area contributed by atoms with Crippen LogP contribution in [0.25, 0.3) is 0 Å². The summed E-state index contributed by atoms with van der Waals surface area (Å²) in [6, 6.07) is 11.2. The average molecular weight is 411 g/mol. The van der Waals surface area contributed by atoms with Gasteiger partial charge in [0, 0.05) is 38.3 Å². The second-order valence-corrected chi connectivity index (χ2v) is 10.4. The molecular formula is C26H42N4. The summed E-state index contributed by atoms with van der Waals surface area (Å²) < 4.78 is 0. The van der Waals surface area contributed by atoms with Crippen molar-refractivity contribution in [1.82, 2.24) is 19.6 Å². The molecule has 4 heteroatoms. The van der Waals surface area contributed by atoms with Crippen molar-refractivity contribution in [2.24, 2.45) is 0 Å². The van der Waals surface area contributed by atoms with Crippen molar-refractivity contribution in [2.75, 3.05) is 52.4 Å². The van der Waals surface area contributed by atoms with Crippen molar-refractivity contribution in [1.29, 1.82) is 0 Å². The van der Waals surface area contributed by atoms with E-state index >= 15 is 0 Å². The van der Waals surface area contributed by atoms with Crippen molar-refractivity contribution in [3.8, 4) is 0 Å². The number of hydrogen-bond acceptors (Lipinski definition) is 4. The SMILES string of the molecule is c1cc(CN2CCCC2CN2CCCC2)ccc1CN1CCCC1CN1CCCC1. The van der Waals surface area contributed by atoms with E-state index in [0.717, 1.165) is 25.2 Å². The van der Waals surface area contributed by atoms with Gasteiger partial charge in [-0.15, -0.1) is 0 Å². The van der Waals surface area contributed by atoms with Gasteiger partial charge in [-0.2, -0.15) is 0 Å². The number of benzene rings is 1. The first-order valence-electron chi connectivity index (χ1n) is 12.8. The summed E-state index contributed by atoms with van der Waals surface area (Å²) in [5, 5.41) is 0. The van der Waals surface area contributed by atoms with Gasteiger partial charge in [-0.1, -0.05) is 24.3 Å². The quantitative estimate of drug-likeness (QED) is 0.646. The van der Waals surface area contributed by atoms with E-state index in [1.165, 1.54) is 115 Å². The smallest absolute Gasteiger partial charge is 0.0237 e. The first kappa shape index (κ1) is 20.9. The monoisotopic (exact) mass is 410 g/mol. The normalized spacial score (nSPS) is 29.5. The number of hydrogen-bond donors (Lipinski definition) is 0. The van der Waals surface area contributed by atoms with Gasteiger partial charge >= 0.3 is 0 Å². The molecular weight excluding hydrogens is 368 g/mol. The molecule has 2 unspecified atom stereocenters. The Balaban J connectivity index is 1.12. The molecule has 0 saturated carbocycles. The van der Waals surface area contributed by atoms with Crippen LogP contribution in [0.3, 0.4) is 0 Å². The van der Waals surface area contributed by atoms with Gasteiger partial charge < -0.3 is 9.80 Å². The van der Waals surface area contributed by atoms with Crippen LogP contribution in [-0.2, 0) is 13.1 Å². The number of nitrogens with zero attached hydrogens (tertiary/aromatic N) is 4. The fourth-order valence-corrected chi connectivity index (χ4v) is 6.37. The molecule has 0 aliphatic carbocycles. The molecule has 0 N–H and O–H groups in total. The lowest BCUT2D eigenvalue weighted by Gasteiger charge is -2.29. The van der Waals surface area contributed by atoms with Crippen LogP contribution >= 0.6 is 0 Å². The lowest BCUT2D eigenvalue weighted by molar-refractivity contribution is 0.184. The summed E-state index contributed by atoms with van der Waals surface area (Å²) in [4.78, 5) is 10.9. The Morgan fingerprint density at radius 1 is 0.533 bits per heavy atom. The van der Waals surface area contributed by atoms with E-state index in [0.29, 0.717) is 0 Å². The zero-order chi connectivity index (χ0) is 20.2. The van der Waals surface area contributed by atoms with E-state index in [4.69, 9.17) is 0 Å². The van der Waals surface area contributed by atoms with Crippen LogP contribution in [0.4, 0.5) is 0 Å². The lowest BCUT2D eigenvalue weighted by Crippen LogP contribution is -2.39. The highest BCUT2D eigenvalue weighted by Gasteiger charge is 2.28. The minimum absolute atomic E-state index is 0.777. The Kier molecular flexibility index (Phi) is 7.06. The molecule has 4 nitrogen and oxygen atoms in total. The molecule has 5 rings (SSSR count). The molecule has 4 aliphatic rings. The van der Waals surface area contributed by atoms with Crippen LogP contribution in [-0.4, -0.2) is 84.0 Å².